The second-order valence-electron chi connectivity index (χ2n) is 12.0. The first-order valence-corrected chi connectivity index (χ1v) is 15.3. The van der Waals surface area contributed by atoms with Crippen molar-refractivity contribution in [2.45, 2.75) is 44.7 Å². The molecule has 0 radical (unpaired) electrons. The smallest absolute Gasteiger partial charge is 0.208 e. The Morgan fingerprint density at radius 2 is 1.64 bits per heavy atom. The maximum Gasteiger partial charge on any atom is 0.208 e. The zero-order valence-electron chi connectivity index (χ0n) is 24.5. The number of likely N-dealkylation sites (N-methyl/N-ethyl adjacent to an activating group) is 1. The quantitative estimate of drug-likeness (QED) is 0.262. The summed E-state index contributed by atoms with van der Waals surface area (Å²) < 4.78 is 4.36. The van der Waals surface area contributed by atoms with Gasteiger partial charge in [-0.3, -0.25) is 4.90 Å². The zero-order chi connectivity index (χ0) is 29.0. The van der Waals surface area contributed by atoms with Crippen LogP contribution in [-0.4, -0.2) is 73.2 Å². The minimum atomic E-state index is 0.410. The van der Waals surface area contributed by atoms with Gasteiger partial charge in [0.1, 0.15) is 17.8 Å². The molecule has 2 fully saturated rings. The van der Waals surface area contributed by atoms with Crippen molar-refractivity contribution in [2.24, 2.45) is 7.05 Å². The van der Waals surface area contributed by atoms with Crippen molar-refractivity contribution in [1.82, 2.24) is 33.9 Å². The van der Waals surface area contributed by atoms with Crippen LogP contribution in [0.3, 0.4) is 0 Å². The lowest BCUT2D eigenvalue weighted by molar-refractivity contribution is 0.0828. The Bertz CT molecular complexity index is 1740. The molecule has 7 rings (SSSR count). The summed E-state index contributed by atoms with van der Waals surface area (Å²) in [7, 11) is 4.20. The Labute approximate surface area is 251 Å². The van der Waals surface area contributed by atoms with Gasteiger partial charge < -0.3 is 25.1 Å². The number of nitrogens with zero attached hydrogens (tertiary/aromatic N) is 7. The number of hydrogen-bond donors (Lipinski definition) is 2. The van der Waals surface area contributed by atoms with Crippen LogP contribution in [-0.2, 0) is 7.05 Å². The Balaban J connectivity index is 1.13. The van der Waals surface area contributed by atoms with Gasteiger partial charge >= 0.3 is 0 Å². The van der Waals surface area contributed by atoms with E-state index in [1.165, 1.54) is 39.0 Å². The van der Waals surface area contributed by atoms with Gasteiger partial charge in [0.05, 0.1) is 21.4 Å². The van der Waals surface area contributed by atoms with E-state index in [2.05, 4.69) is 68.2 Å². The fourth-order valence-electron chi connectivity index (χ4n) is 6.90. The third kappa shape index (κ3) is 4.89. The van der Waals surface area contributed by atoms with E-state index in [4.69, 9.17) is 27.3 Å². The van der Waals surface area contributed by atoms with E-state index < -0.39 is 0 Å². The fraction of sp³-hybridized carbons (Fsp3) is 0.406. The minimum absolute atomic E-state index is 0.410. The first kappa shape index (κ1) is 27.2. The van der Waals surface area contributed by atoms with Crippen LogP contribution in [0.15, 0.2) is 48.9 Å². The number of nitrogens with two attached hydrogens (primary N) is 1. The number of aryl methyl sites for hydroxylation is 2. The number of nitrogen functional groups attached to an aromatic ring is 1. The third-order valence-corrected chi connectivity index (χ3v) is 9.56. The molecule has 2 aromatic carbocycles. The first-order chi connectivity index (χ1) is 20.4. The second-order valence-corrected chi connectivity index (χ2v) is 12.4. The van der Waals surface area contributed by atoms with Crippen LogP contribution >= 0.6 is 11.6 Å². The van der Waals surface area contributed by atoms with Crippen molar-refractivity contribution in [3.63, 3.8) is 0 Å². The number of hydrogen-bond acceptors (Lipinski definition) is 7. The molecule has 5 aromatic rings. The zero-order valence-corrected chi connectivity index (χ0v) is 25.3. The van der Waals surface area contributed by atoms with Crippen LogP contribution in [0.1, 0.15) is 37.3 Å². The number of benzene rings is 2. The van der Waals surface area contributed by atoms with Gasteiger partial charge in [-0.2, -0.15) is 0 Å². The predicted molar refractivity (Wildman–Crippen MR) is 171 cm³/mol. The number of imidazole rings is 1. The average molecular weight is 584 g/mol. The van der Waals surface area contributed by atoms with Crippen molar-refractivity contribution in [3.05, 3.63) is 59.5 Å². The van der Waals surface area contributed by atoms with Gasteiger partial charge in [0, 0.05) is 62.8 Å². The van der Waals surface area contributed by atoms with Gasteiger partial charge in [-0.1, -0.05) is 23.7 Å². The molecule has 1 saturated carbocycles. The molecule has 3 N–H and O–H groups in total. The Hall–Kier alpha value is -3.66. The summed E-state index contributed by atoms with van der Waals surface area (Å²) in [5.41, 5.74) is 13.4. The van der Waals surface area contributed by atoms with Crippen LogP contribution < -0.4 is 11.1 Å². The Morgan fingerprint density at radius 1 is 0.929 bits per heavy atom. The summed E-state index contributed by atoms with van der Waals surface area (Å²) in [5, 5.41) is 5.09. The number of anilines is 3. The number of halogens is 1. The largest absolute Gasteiger partial charge is 0.383 e. The maximum absolute atomic E-state index is 6.52. The molecule has 4 heterocycles. The average Bonchev–Trinajstić information content (AvgIpc) is 3.52. The number of rotatable bonds is 5. The molecule has 0 amide bonds. The molecule has 3 aromatic heterocycles. The monoisotopic (exact) mass is 583 g/mol. The predicted octanol–water partition coefficient (Wildman–Crippen LogP) is 6.00. The summed E-state index contributed by atoms with van der Waals surface area (Å²) >= 11 is 6.52. The van der Waals surface area contributed by atoms with Crippen LogP contribution in [0.25, 0.3) is 33.2 Å². The van der Waals surface area contributed by atoms with Crippen LogP contribution in [0, 0.1) is 6.92 Å². The second kappa shape index (κ2) is 10.9. The van der Waals surface area contributed by atoms with E-state index >= 15 is 0 Å². The molecule has 0 spiro atoms. The van der Waals surface area contributed by atoms with Crippen LogP contribution in [0.5, 0.6) is 0 Å². The third-order valence-electron chi connectivity index (χ3n) is 9.27. The van der Waals surface area contributed by atoms with Crippen molar-refractivity contribution >= 4 is 51.1 Å². The topological polar surface area (TPSA) is 93.1 Å². The Morgan fingerprint density at radius 3 is 2.38 bits per heavy atom. The van der Waals surface area contributed by atoms with E-state index in [1.807, 2.05) is 24.6 Å². The van der Waals surface area contributed by atoms with Crippen molar-refractivity contribution < 1.29 is 0 Å². The lowest BCUT2D eigenvalue weighted by atomic mass is 9.89. The van der Waals surface area contributed by atoms with Crippen molar-refractivity contribution in [1.29, 1.82) is 0 Å². The minimum Gasteiger partial charge on any atom is -0.383 e. The first-order valence-electron chi connectivity index (χ1n) is 14.9. The molecule has 0 unspecified atom stereocenters. The van der Waals surface area contributed by atoms with Gasteiger partial charge in [-0.05, 0) is 75.0 Å². The molecule has 0 bridgehead atoms. The molecule has 1 saturated heterocycles. The van der Waals surface area contributed by atoms with E-state index in [0.29, 0.717) is 22.9 Å². The highest BCUT2D eigenvalue weighted by atomic mass is 35.5. The molecule has 42 heavy (non-hydrogen) atoms. The highest BCUT2D eigenvalue weighted by Gasteiger charge is 2.30. The molecule has 9 nitrogen and oxygen atoms in total. The number of fused-ring (bicyclic) bond motifs is 2. The molecular weight excluding hydrogens is 546 g/mol. The van der Waals surface area contributed by atoms with Gasteiger partial charge in [0.15, 0.2) is 0 Å². The fourth-order valence-corrected chi connectivity index (χ4v) is 7.29. The molecule has 0 atom stereocenters. The van der Waals surface area contributed by atoms with E-state index in [-0.39, 0.29) is 0 Å². The van der Waals surface area contributed by atoms with Crippen LogP contribution in [0.4, 0.5) is 17.5 Å². The number of aromatic nitrogens is 5. The number of piperazine rings is 1. The van der Waals surface area contributed by atoms with Gasteiger partial charge in [-0.15, -0.1) is 0 Å². The molecule has 2 aliphatic rings. The summed E-state index contributed by atoms with van der Waals surface area (Å²) in [6, 6.07) is 13.5. The van der Waals surface area contributed by atoms with E-state index in [1.54, 1.807) is 6.33 Å². The standard InChI is InChI=1S/C32H38ClN9/c1-20-16-26(33)29-27(17-20)38-32(40(29)3)37-22-6-4-21(5-7-22)25-18-42(31-28(25)30(34)35-19-36-31)24-10-8-23(9-11-24)41-14-12-39(2)13-15-41/h4-7,16-19,23-24H,8-15H2,1-3H3,(H,37,38)(H2,34,35,36)/t23-,24-. The summed E-state index contributed by atoms with van der Waals surface area (Å²) in [5.74, 6) is 1.26. The molecule has 1 aliphatic carbocycles. The van der Waals surface area contributed by atoms with Crippen molar-refractivity contribution in [3.8, 4) is 11.1 Å². The highest BCUT2D eigenvalue weighted by molar-refractivity contribution is 6.35. The Kier molecular flexibility index (Phi) is 7.04. The summed E-state index contributed by atoms with van der Waals surface area (Å²) in [6.45, 7) is 6.73. The van der Waals surface area contributed by atoms with Gasteiger partial charge in [0.25, 0.3) is 0 Å². The molecular formula is C32H38ClN9. The van der Waals surface area contributed by atoms with E-state index in [0.717, 1.165) is 63.2 Å². The SMILES string of the molecule is Cc1cc(Cl)c2c(c1)nc(Nc1ccc(-c3cn([C@H]4CC[C@H](N5CCN(C)CC5)CC4)c4ncnc(N)c34)cc1)n2C. The number of nitrogens with one attached hydrogen (secondary N) is 1. The molecule has 1 aliphatic heterocycles. The summed E-state index contributed by atoms with van der Waals surface area (Å²) in [4.78, 5) is 19.0. The normalized spacial score (nSPS) is 20.5. The van der Waals surface area contributed by atoms with Crippen LogP contribution in [0.2, 0.25) is 5.02 Å². The summed E-state index contributed by atoms with van der Waals surface area (Å²) in [6.07, 6.45) is 8.57. The van der Waals surface area contributed by atoms with Gasteiger partial charge in [-0.25, -0.2) is 15.0 Å². The molecule has 10 heteroatoms. The molecule has 218 valence electrons. The lowest BCUT2D eigenvalue weighted by Gasteiger charge is -2.41. The van der Waals surface area contributed by atoms with E-state index in [9.17, 15) is 0 Å². The lowest BCUT2D eigenvalue weighted by Crippen LogP contribution is -2.49. The van der Waals surface area contributed by atoms with Gasteiger partial charge in [0.2, 0.25) is 5.95 Å². The highest BCUT2D eigenvalue weighted by Crippen LogP contribution is 2.39. The maximum atomic E-state index is 6.52. The van der Waals surface area contributed by atoms with Crippen molar-refractivity contribution in [2.75, 3.05) is 44.3 Å².